The van der Waals surface area contributed by atoms with Gasteiger partial charge in [0.25, 0.3) is 0 Å². The lowest BCUT2D eigenvalue weighted by atomic mass is 10.2. The molecular weight excluding hydrogens is 226 g/mol. The van der Waals surface area contributed by atoms with Crippen LogP contribution < -0.4 is 16.6 Å². The highest BCUT2D eigenvalue weighted by molar-refractivity contribution is 5.90. The van der Waals surface area contributed by atoms with Crippen molar-refractivity contribution in [3.8, 4) is 0 Å². The van der Waals surface area contributed by atoms with Gasteiger partial charge in [0.1, 0.15) is 5.82 Å². The van der Waals surface area contributed by atoms with E-state index in [1.807, 2.05) is 24.3 Å². The number of hydrogen-bond donors (Lipinski definition) is 3. The van der Waals surface area contributed by atoms with Crippen molar-refractivity contribution in [1.29, 1.82) is 0 Å². The Balaban J connectivity index is 2.40. The minimum absolute atomic E-state index is 0.374. The van der Waals surface area contributed by atoms with Crippen LogP contribution in [0, 0.1) is 0 Å². The van der Waals surface area contributed by atoms with Crippen molar-refractivity contribution >= 4 is 22.7 Å². The fourth-order valence-corrected chi connectivity index (χ4v) is 1.99. The van der Waals surface area contributed by atoms with E-state index in [2.05, 4.69) is 34.6 Å². The summed E-state index contributed by atoms with van der Waals surface area (Å²) in [6, 6.07) is 8.27. The van der Waals surface area contributed by atoms with Crippen LogP contribution in [0.25, 0.3) is 10.9 Å². The molecule has 1 heterocycles. The molecule has 0 saturated heterocycles. The molecule has 18 heavy (non-hydrogen) atoms. The number of hydrogen-bond acceptors (Lipinski definition) is 5. The molecular formula is C13H19N5. The Morgan fingerprint density at radius 2 is 2.06 bits per heavy atom. The van der Waals surface area contributed by atoms with E-state index in [1.165, 1.54) is 0 Å². The molecule has 2 rings (SSSR count). The first-order valence-electron chi connectivity index (χ1n) is 6.24. The maximum absolute atomic E-state index is 5.40. The number of nitrogens with zero attached hydrogens (tertiary/aromatic N) is 2. The molecule has 0 bridgehead atoms. The average molecular weight is 245 g/mol. The van der Waals surface area contributed by atoms with E-state index < -0.39 is 0 Å². The molecule has 0 spiro atoms. The molecule has 1 aromatic heterocycles. The Morgan fingerprint density at radius 1 is 1.28 bits per heavy atom. The smallest absolute Gasteiger partial charge is 0.239 e. The summed E-state index contributed by atoms with van der Waals surface area (Å²) in [4.78, 5) is 8.70. The third-order valence-corrected chi connectivity index (χ3v) is 2.84. The van der Waals surface area contributed by atoms with Crippen LogP contribution in [0.4, 0.5) is 11.8 Å². The highest BCUT2D eigenvalue weighted by atomic mass is 15.3. The molecule has 1 aromatic carbocycles. The van der Waals surface area contributed by atoms with Gasteiger partial charge in [0, 0.05) is 11.4 Å². The normalized spacial score (nSPS) is 12.4. The number of nitrogen functional groups attached to an aromatic ring is 1. The van der Waals surface area contributed by atoms with Crippen molar-refractivity contribution in [3.05, 3.63) is 24.3 Å². The van der Waals surface area contributed by atoms with Crippen LogP contribution >= 0.6 is 0 Å². The second-order valence-electron chi connectivity index (χ2n) is 4.39. The standard InChI is InChI=1S/C13H19N5/c1-3-6-9(2)15-12-10-7-4-5-8-11(10)16-13(17-12)18-14/h4-5,7-9H,3,6,14H2,1-2H3,(H2,15,16,17,18). The van der Waals surface area contributed by atoms with Crippen molar-refractivity contribution in [2.24, 2.45) is 5.84 Å². The average Bonchev–Trinajstić information content (AvgIpc) is 2.38. The Bertz CT molecular complexity index is 526. The van der Waals surface area contributed by atoms with E-state index in [1.54, 1.807) is 0 Å². The number of benzene rings is 1. The molecule has 2 aromatic rings. The first-order chi connectivity index (χ1) is 8.74. The molecule has 1 unspecified atom stereocenters. The van der Waals surface area contributed by atoms with E-state index in [-0.39, 0.29) is 0 Å². The first kappa shape index (κ1) is 12.6. The summed E-state index contributed by atoms with van der Waals surface area (Å²) in [5, 5.41) is 4.43. The van der Waals surface area contributed by atoms with E-state index >= 15 is 0 Å². The van der Waals surface area contributed by atoms with Gasteiger partial charge >= 0.3 is 0 Å². The summed E-state index contributed by atoms with van der Waals surface area (Å²) < 4.78 is 0. The van der Waals surface area contributed by atoms with Crippen LogP contribution in [0.5, 0.6) is 0 Å². The van der Waals surface area contributed by atoms with Crippen molar-refractivity contribution in [2.45, 2.75) is 32.7 Å². The zero-order valence-electron chi connectivity index (χ0n) is 10.8. The summed E-state index contributed by atoms with van der Waals surface area (Å²) in [6.07, 6.45) is 2.24. The Kier molecular flexibility index (Phi) is 3.94. The summed E-state index contributed by atoms with van der Waals surface area (Å²) in [7, 11) is 0. The summed E-state index contributed by atoms with van der Waals surface area (Å²) in [5.41, 5.74) is 3.38. The number of rotatable bonds is 5. The molecule has 0 amide bonds. The monoisotopic (exact) mass is 245 g/mol. The van der Waals surface area contributed by atoms with Crippen LogP contribution in [0.1, 0.15) is 26.7 Å². The number of para-hydroxylation sites is 1. The minimum Gasteiger partial charge on any atom is -0.367 e. The Hall–Kier alpha value is -1.88. The number of hydrazine groups is 1. The number of nitrogens with two attached hydrogens (primary N) is 1. The third kappa shape index (κ3) is 2.68. The molecule has 0 radical (unpaired) electrons. The second kappa shape index (κ2) is 5.64. The minimum atomic E-state index is 0.374. The molecule has 0 aliphatic rings. The molecule has 4 N–H and O–H groups in total. The van der Waals surface area contributed by atoms with Gasteiger partial charge in [-0.25, -0.2) is 10.8 Å². The van der Waals surface area contributed by atoms with E-state index in [0.29, 0.717) is 12.0 Å². The van der Waals surface area contributed by atoms with Gasteiger partial charge in [-0.3, -0.25) is 5.43 Å². The van der Waals surface area contributed by atoms with Crippen LogP contribution in [0.2, 0.25) is 0 Å². The highest BCUT2D eigenvalue weighted by Gasteiger charge is 2.09. The number of nitrogens with one attached hydrogen (secondary N) is 2. The zero-order valence-corrected chi connectivity index (χ0v) is 10.8. The van der Waals surface area contributed by atoms with Crippen LogP contribution in [0.3, 0.4) is 0 Å². The Labute approximate surface area is 107 Å². The quantitative estimate of drug-likeness (QED) is 0.557. The van der Waals surface area contributed by atoms with Gasteiger partial charge in [0.2, 0.25) is 5.95 Å². The molecule has 0 aliphatic carbocycles. The molecule has 0 aliphatic heterocycles. The van der Waals surface area contributed by atoms with Gasteiger partial charge in [-0.2, -0.15) is 4.98 Å². The molecule has 0 fully saturated rings. The van der Waals surface area contributed by atoms with Gasteiger partial charge in [-0.15, -0.1) is 0 Å². The van der Waals surface area contributed by atoms with Gasteiger partial charge in [-0.1, -0.05) is 25.5 Å². The fourth-order valence-electron chi connectivity index (χ4n) is 1.99. The molecule has 5 heteroatoms. The van der Waals surface area contributed by atoms with Crippen LogP contribution in [0.15, 0.2) is 24.3 Å². The van der Waals surface area contributed by atoms with Gasteiger partial charge in [-0.05, 0) is 25.5 Å². The number of anilines is 2. The van der Waals surface area contributed by atoms with Crippen LogP contribution in [-0.4, -0.2) is 16.0 Å². The van der Waals surface area contributed by atoms with Gasteiger partial charge in [0.15, 0.2) is 0 Å². The lowest BCUT2D eigenvalue weighted by Gasteiger charge is -2.15. The maximum atomic E-state index is 5.40. The van der Waals surface area contributed by atoms with Crippen LogP contribution in [-0.2, 0) is 0 Å². The first-order valence-corrected chi connectivity index (χ1v) is 6.24. The van der Waals surface area contributed by atoms with E-state index in [0.717, 1.165) is 29.6 Å². The second-order valence-corrected chi connectivity index (χ2v) is 4.39. The predicted octanol–water partition coefficient (Wildman–Crippen LogP) is 2.52. The predicted molar refractivity (Wildman–Crippen MR) is 75.3 cm³/mol. The molecule has 1 atom stereocenters. The van der Waals surface area contributed by atoms with E-state index in [4.69, 9.17) is 5.84 Å². The third-order valence-electron chi connectivity index (χ3n) is 2.84. The van der Waals surface area contributed by atoms with Crippen molar-refractivity contribution in [3.63, 3.8) is 0 Å². The lowest BCUT2D eigenvalue weighted by Crippen LogP contribution is -2.18. The zero-order chi connectivity index (χ0) is 13.0. The van der Waals surface area contributed by atoms with Crippen molar-refractivity contribution in [1.82, 2.24) is 9.97 Å². The molecule has 96 valence electrons. The fraction of sp³-hybridized carbons (Fsp3) is 0.385. The largest absolute Gasteiger partial charge is 0.367 e. The number of fused-ring (bicyclic) bond motifs is 1. The van der Waals surface area contributed by atoms with Gasteiger partial charge in [0.05, 0.1) is 5.52 Å². The highest BCUT2D eigenvalue weighted by Crippen LogP contribution is 2.22. The summed E-state index contributed by atoms with van der Waals surface area (Å²) >= 11 is 0. The maximum Gasteiger partial charge on any atom is 0.239 e. The molecule has 0 saturated carbocycles. The summed E-state index contributed by atoms with van der Waals surface area (Å²) in [5.74, 6) is 6.66. The van der Waals surface area contributed by atoms with Gasteiger partial charge < -0.3 is 5.32 Å². The van der Waals surface area contributed by atoms with Crippen molar-refractivity contribution < 1.29 is 0 Å². The SMILES string of the molecule is CCCC(C)Nc1nc(NN)nc2ccccc12. The summed E-state index contributed by atoms with van der Waals surface area (Å²) in [6.45, 7) is 4.32. The van der Waals surface area contributed by atoms with Crippen molar-refractivity contribution in [2.75, 3.05) is 10.7 Å². The molecule has 5 nitrogen and oxygen atoms in total. The lowest BCUT2D eigenvalue weighted by molar-refractivity contribution is 0.688. The topological polar surface area (TPSA) is 75.9 Å². The van der Waals surface area contributed by atoms with E-state index in [9.17, 15) is 0 Å². The Morgan fingerprint density at radius 3 is 2.78 bits per heavy atom. The number of aromatic nitrogens is 2.